The van der Waals surface area contributed by atoms with Gasteiger partial charge in [0, 0.05) is 12.0 Å². The summed E-state index contributed by atoms with van der Waals surface area (Å²) in [7, 11) is 0. The highest BCUT2D eigenvalue weighted by Gasteiger charge is 2.43. The zero-order valence-corrected chi connectivity index (χ0v) is 9.95. The van der Waals surface area contributed by atoms with E-state index in [1.54, 1.807) is 0 Å². The molecule has 96 valence electrons. The van der Waals surface area contributed by atoms with Crippen molar-refractivity contribution in [1.82, 2.24) is 10.6 Å². The molecule has 5 heteroatoms. The topological polar surface area (TPSA) is 70.6 Å². The van der Waals surface area contributed by atoms with E-state index in [1.807, 2.05) is 0 Å². The van der Waals surface area contributed by atoms with Crippen molar-refractivity contribution in [1.29, 1.82) is 0 Å². The van der Waals surface area contributed by atoms with Crippen LogP contribution in [0.4, 0.5) is 4.79 Å². The van der Waals surface area contributed by atoms with Gasteiger partial charge in [-0.05, 0) is 32.1 Å². The Morgan fingerprint density at radius 1 is 1.41 bits per heavy atom. The van der Waals surface area contributed by atoms with Gasteiger partial charge in [0.2, 0.25) is 0 Å². The van der Waals surface area contributed by atoms with Crippen molar-refractivity contribution in [3.8, 4) is 0 Å². The number of ether oxygens (including phenoxy) is 1. The fraction of sp³-hybridized carbons (Fsp3) is 0.917. The molecule has 0 spiro atoms. The van der Waals surface area contributed by atoms with Crippen molar-refractivity contribution in [2.45, 2.75) is 50.4 Å². The van der Waals surface area contributed by atoms with E-state index in [0.717, 1.165) is 32.1 Å². The zero-order valence-electron chi connectivity index (χ0n) is 9.95. The summed E-state index contributed by atoms with van der Waals surface area (Å²) in [5.41, 5.74) is -0.0253. The number of carbonyl (C=O) groups excluding carboxylic acids is 1. The minimum absolute atomic E-state index is 0.0253. The third-order valence-corrected chi connectivity index (χ3v) is 4.34. The Balaban J connectivity index is 1.42. The average molecular weight is 240 g/mol. The van der Waals surface area contributed by atoms with E-state index in [4.69, 9.17) is 9.84 Å². The van der Waals surface area contributed by atoms with Crippen LogP contribution in [0, 0.1) is 5.41 Å². The number of fused-ring (bicyclic) bond motifs is 2. The lowest BCUT2D eigenvalue weighted by Gasteiger charge is -2.21. The molecule has 0 aromatic carbocycles. The Kier molecular flexibility index (Phi) is 2.75. The van der Waals surface area contributed by atoms with Crippen molar-refractivity contribution in [3.05, 3.63) is 0 Å². The molecule has 0 radical (unpaired) electrons. The Morgan fingerprint density at radius 3 is 2.76 bits per heavy atom. The van der Waals surface area contributed by atoms with E-state index in [1.165, 1.54) is 0 Å². The fourth-order valence-electron chi connectivity index (χ4n) is 2.84. The van der Waals surface area contributed by atoms with Gasteiger partial charge in [-0.15, -0.1) is 0 Å². The predicted molar refractivity (Wildman–Crippen MR) is 61.6 cm³/mol. The number of hydrogen-bond donors (Lipinski definition) is 3. The molecular formula is C12H20N2O3. The summed E-state index contributed by atoms with van der Waals surface area (Å²) >= 11 is 0. The van der Waals surface area contributed by atoms with E-state index in [0.29, 0.717) is 12.6 Å². The molecule has 17 heavy (non-hydrogen) atoms. The van der Waals surface area contributed by atoms with Gasteiger partial charge < -0.3 is 20.5 Å². The van der Waals surface area contributed by atoms with E-state index < -0.39 is 0 Å². The molecule has 3 aliphatic rings. The number of urea groups is 1. The second kappa shape index (κ2) is 4.14. The largest absolute Gasteiger partial charge is 0.396 e. The van der Waals surface area contributed by atoms with Gasteiger partial charge in [-0.1, -0.05) is 0 Å². The van der Waals surface area contributed by atoms with Gasteiger partial charge in [0.15, 0.2) is 0 Å². The zero-order chi connectivity index (χ0) is 11.9. The van der Waals surface area contributed by atoms with Gasteiger partial charge in [-0.25, -0.2) is 4.79 Å². The minimum Gasteiger partial charge on any atom is -0.396 e. The van der Waals surface area contributed by atoms with Crippen LogP contribution in [0.15, 0.2) is 0 Å². The van der Waals surface area contributed by atoms with Gasteiger partial charge >= 0.3 is 6.03 Å². The van der Waals surface area contributed by atoms with E-state index in [9.17, 15) is 4.79 Å². The molecule has 0 aromatic heterocycles. The number of rotatable bonds is 4. The molecular weight excluding hydrogens is 220 g/mol. The van der Waals surface area contributed by atoms with Crippen molar-refractivity contribution in [2.75, 3.05) is 13.2 Å². The second-order valence-electron chi connectivity index (χ2n) is 5.70. The summed E-state index contributed by atoms with van der Waals surface area (Å²) in [6.07, 6.45) is 5.76. The monoisotopic (exact) mass is 240 g/mol. The first kappa shape index (κ1) is 11.3. The van der Waals surface area contributed by atoms with Gasteiger partial charge in [0.05, 0.1) is 24.9 Å². The van der Waals surface area contributed by atoms with E-state index in [2.05, 4.69) is 10.6 Å². The van der Waals surface area contributed by atoms with E-state index in [-0.39, 0.29) is 30.2 Å². The molecule has 3 fully saturated rings. The number of aliphatic hydroxyl groups excluding tert-OH is 1. The summed E-state index contributed by atoms with van der Waals surface area (Å²) in [5, 5.41) is 15.0. The maximum absolute atomic E-state index is 11.7. The smallest absolute Gasteiger partial charge is 0.315 e. The van der Waals surface area contributed by atoms with Gasteiger partial charge in [-0.2, -0.15) is 0 Å². The van der Waals surface area contributed by atoms with Crippen LogP contribution in [0.5, 0.6) is 0 Å². The molecule has 0 aromatic rings. The van der Waals surface area contributed by atoms with Crippen LogP contribution in [0.1, 0.15) is 32.1 Å². The quantitative estimate of drug-likeness (QED) is 0.665. The number of aliphatic hydroxyl groups is 1. The number of carbonyl (C=O) groups is 1. The van der Waals surface area contributed by atoms with Crippen LogP contribution >= 0.6 is 0 Å². The summed E-state index contributed by atoms with van der Waals surface area (Å²) in [6, 6.07) is 0.0592. The molecule has 2 bridgehead atoms. The summed E-state index contributed by atoms with van der Waals surface area (Å²) in [4.78, 5) is 11.7. The third kappa shape index (κ3) is 2.26. The molecule has 1 aliphatic carbocycles. The molecule has 1 saturated carbocycles. The Labute approximate surface area is 101 Å². The first-order valence-corrected chi connectivity index (χ1v) is 6.51. The molecule has 2 amide bonds. The molecule has 2 heterocycles. The Morgan fingerprint density at radius 2 is 2.24 bits per heavy atom. The highest BCUT2D eigenvalue weighted by Crippen LogP contribution is 2.44. The highest BCUT2D eigenvalue weighted by molar-refractivity contribution is 5.74. The molecule has 3 atom stereocenters. The Hall–Kier alpha value is -0.810. The normalized spacial score (nSPS) is 36.9. The van der Waals surface area contributed by atoms with Crippen molar-refractivity contribution >= 4 is 6.03 Å². The van der Waals surface area contributed by atoms with Crippen LogP contribution in [-0.4, -0.2) is 42.5 Å². The molecule has 3 N–H and O–H groups in total. The van der Waals surface area contributed by atoms with Crippen LogP contribution in [-0.2, 0) is 4.74 Å². The van der Waals surface area contributed by atoms with Crippen molar-refractivity contribution in [3.63, 3.8) is 0 Å². The minimum atomic E-state index is -0.120. The van der Waals surface area contributed by atoms with Crippen LogP contribution in [0.3, 0.4) is 0 Å². The SMILES string of the molecule is O=C(NCC1(CO)CC1)N[C@H]1C[C@H]2CC[C@H]1O2. The molecule has 2 saturated heterocycles. The summed E-state index contributed by atoms with van der Waals surface area (Å²) in [5.74, 6) is 0. The van der Waals surface area contributed by atoms with Crippen LogP contribution in [0.25, 0.3) is 0 Å². The number of nitrogens with one attached hydrogen (secondary N) is 2. The first-order valence-electron chi connectivity index (χ1n) is 6.51. The number of hydrogen-bond acceptors (Lipinski definition) is 3. The molecule has 3 rings (SSSR count). The number of amides is 2. The standard InChI is InChI=1S/C12H20N2O3/c15-7-12(3-4-12)6-13-11(16)14-9-5-8-1-2-10(9)17-8/h8-10,15H,1-7H2,(H2,13,14,16)/t8-,9+,10-/m1/s1. The Bertz CT molecular complexity index is 317. The first-order chi connectivity index (χ1) is 8.21. The van der Waals surface area contributed by atoms with Crippen LogP contribution < -0.4 is 10.6 Å². The van der Waals surface area contributed by atoms with Crippen LogP contribution in [0.2, 0.25) is 0 Å². The molecule has 0 unspecified atom stereocenters. The molecule has 2 aliphatic heterocycles. The second-order valence-corrected chi connectivity index (χ2v) is 5.70. The summed E-state index contributed by atoms with van der Waals surface area (Å²) < 4.78 is 5.68. The lowest BCUT2D eigenvalue weighted by Crippen LogP contribution is -2.47. The fourth-order valence-corrected chi connectivity index (χ4v) is 2.84. The lowest BCUT2D eigenvalue weighted by atomic mass is 9.96. The maximum atomic E-state index is 11.7. The average Bonchev–Trinajstić information content (AvgIpc) is 2.83. The van der Waals surface area contributed by atoms with Gasteiger partial charge in [-0.3, -0.25) is 0 Å². The lowest BCUT2D eigenvalue weighted by molar-refractivity contribution is 0.0980. The van der Waals surface area contributed by atoms with Crippen molar-refractivity contribution < 1.29 is 14.6 Å². The predicted octanol–water partition coefficient (Wildman–Crippen LogP) is 0.378. The molecule has 5 nitrogen and oxygen atoms in total. The van der Waals surface area contributed by atoms with Gasteiger partial charge in [0.25, 0.3) is 0 Å². The van der Waals surface area contributed by atoms with E-state index >= 15 is 0 Å². The summed E-state index contributed by atoms with van der Waals surface area (Å²) in [6.45, 7) is 0.752. The highest BCUT2D eigenvalue weighted by atomic mass is 16.5. The van der Waals surface area contributed by atoms with Gasteiger partial charge in [0.1, 0.15) is 0 Å². The maximum Gasteiger partial charge on any atom is 0.315 e. The third-order valence-electron chi connectivity index (χ3n) is 4.34. The van der Waals surface area contributed by atoms with Crippen molar-refractivity contribution in [2.24, 2.45) is 5.41 Å².